The normalized spacial score (nSPS) is 9.46. The summed E-state index contributed by atoms with van der Waals surface area (Å²) >= 11 is 3.53. The Kier molecular flexibility index (Phi) is 40.3. The van der Waals surface area contributed by atoms with Gasteiger partial charge in [0.15, 0.2) is 0 Å². The zero-order chi connectivity index (χ0) is 29.5. The molecule has 1 heteroatoms. The minimum Gasteiger partial charge on any atom is -0.183 e. The number of rotatable bonds is 8. The highest BCUT2D eigenvalue weighted by atomic mass is 32.1. The quantitative estimate of drug-likeness (QED) is 0.321. The molecule has 0 unspecified atom stereocenters. The van der Waals surface area contributed by atoms with Gasteiger partial charge in [-0.05, 0) is 60.3 Å². The number of hydrogen-bond acceptors (Lipinski definition) is 1. The molecular formula is C36H68S. The summed E-state index contributed by atoms with van der Waals surface area (Å²) < 4.78 is 0. The van der Waals surface area contributed by atoms with Crippen LogP contribution in [0.2, 0.25) is 0 Å². The summed E-state index contributed by atoms with van der Waals surface area (Å²) in [5, 5.41) is 0. The number of hydrogen-bond donors (Lipinski definition) is 1. The number of aryl methyl sites for hydroxylation is 2. The third-order valence-corrected chi connectivity index (χ3v) is 5.88. The van der Waals surface area contributed by atoms with Crippen molar-refractivity contribution in [1.82, 2.24) is 0 Å². The van der Waals surface area contributed by atoms with Crippen molar-refractivity contribution >= 4 is 12.6 Å². The van der Waals surface area contributed by atoms with Crippen molar-refractivity contribution in [2.24, 2.45) is 23.7 Å². The molecule has 0 amide bonds. The van der Waals surface area contributed by atoms with Gasteiger partial charge in [-0.25, -0.2) is 0 Å². The fourth-order valence-corrected chi connectivity index (χ4v) is 1.79. The maximum Gasteiger partial charge on any atom is -0.0215 e. The van der Waals surface area contributed by atoms with E-state index in [1.807, 2.05) is 0 Å². The summed E-state index contributed by atoms with van der Waals surface area (Å²) in [7, 11) is 0. The molecule has 2 aromatic carbocycles. The standard InChI is InChI=1S/C15H16.4C5H12.CH4S/c1-3-8-14(9-4-1)12-7-13-15-10-5-2-6-11-15;4*1-4-5(2)3;1-2/h1-6,8-11H,7,12-13H2;4*5H,4H2,1-3H3;2H,1H3. The molecule has 0 saturated carbocycles. The van der Waals surface area contributed by atoms with E-state index in [4.69, 9.17) is 0 Å². The zero-order valence-corrected chi connectivity index (χ0v) is 28.4. The summed E-state index contributed by atoms with van der Waals surface area (Å²) in [6.45, 7) is 26.6. The summed E-state index contributed by atoms with van der Waals surface area (Å²) in [5.41, 5.74) is 2.88. The molecule has 0 aliphatic heterocycles. The molecule has 37 heavy (non-hydrogen) atoms. The molecule has 0 aliphatic carbocycles. The second kappa shape index (κ2) is 34.8. The fraction of sp³-hybridized carbons (Fsp3) is 0.667. The van der Waals surface area contributed by atoms with Crippen LogP contribution in [0.5, 0.6) is 0 Å². The lowest BCUT2D eigenvalue weighted by Crippen LogP contribution is -1.89. The van der Waals surface area contributed by atoms with Crippen molar-refractivity contribution in [1.29, 1.82) is 0 Å². The van der Waals surface area contributed by atoms with E-state index in [9.17, 15) is 0 Å². The number of thiol groups is 1. The summed E-state index contributed by atoms with van der Waals surface area (Å²) in [6, 6.07) is 21.4. The van der Waals surface area contributed by atoms with Crippen molar-refractivity contribution in [3.8, 4) is 0 Å². The van der Waals surface area contributed by atoms with Gasteiger partial charge in [0.05, 0.1) is 0 Å². The van der Waals surface area contributed by atoms with Crippen molar-refractivity contribution in [3.05, 3.63) is 71.8 Å². The molecule has 0 bridgehead atoms. The third-order valence-electron chi connectivity index (χ3n) is 5.88. The predicted octanol–water partition coefficient (Wildman–Crippen LogP) is 12.6. The van der Waals surface area contributed by atoms with E-state index in [0.717, 1.165) is 23.7 Å². The molecule has 0 atom stereocenters. The highest BCUT2D eigenvalue weighted by Gasteiger charge is 1.93. The molecule has 0 aromatic heterocycles. The monoisotopic (exact) mass is 533 g/mol. The first-order chi connectivity index (χ1) is 17.5. The lowest BCUT2D eigenvalue weighted by molar-refractivity contribution is 0.626. The first-order valence-corrected chi connectivity index (χ1v) is 16.0. The second-order valence-electron chi connectivity index (χ2n) is 11.0. The van der Waals surface area contributed by atoms with Gasteiger partial charge in [0.1, 0.15) is 0 Å². The second-order valence-corrected chi connectivity index (χ2v) is 11.0. The Balaban J connectivity index is -0.000000207. The van der Waals surface area contributed by atoms with Crippen LogP contribution in [0.25, 0.3) is 0 Å². The van der Waals surface area contributed by atoms with Gasteiger partial charge in [0.2, 0.25) is 0 Å². The largest absolute Gasteiger partial charge is 0.183 e. The van der Waals surface area contributed by atoms with Crippen LogP contribution in [0.3, 0.4) is 0 Å². The van der Waals surface area contributed by atoms with Gasteiger partial charge < -0.3 is 0 Å². The first kappa shape index (κ1) is 42.9. The van der Waals surface area contributed by atoms with Crippen LogP contribution < -0.4 is 0 Å². The van der Waals surface area contributed by atoms with Gasteiger partial charge in [-0.15, -0.1) is 0 Å². The molecule has 0 saturated heterocycles. The van der Waals surface area contributed by atoms with Gasteiger partial charge in [-0.2, -0.15) is 12.6 Å². The van der Waals surface area contributed by atoms with Crippen LogP contribution in [0.1, 0.15) is 126 Å². The summed E-state index contributed by atoms with van der Waals surface area (Å²) in [6.07, 6.45) is 10.5. The SMILES string of the molecule is CCC(C)C.CCC(C)C.CCC(C)C.CCC(C)C.CS.c1ccc(CCCc2ccccc2)cc1. The molecule has 2 aromatic rings. The Morgan fingerprint density at radius 2 is 0.622 bits per heavy atom. The highest BCUT2D eigenvalue weighted by molar-refractivity contribution is 7.79. The van der Waals surface area contributed by atoms with Gasteiger partial charge in [0, 0.05) is 0 Å². The molecule has 0 aliphatic rings. The van der Waals surface area contributed by atoms with Crippen molar-refractivity contribution in [3.63, 3.8) is 0 Å². The van der Waals surface area contributed by atoms with Crippen molar-refractivity contribution in [2.45, 2.75) is 128 Å². The maximum absolute atomic E-state index is 3.53. The van der Waals surface area contributed by atoms with Gasteiger partial charge in [-0.1, -0.05) is 169 Å². The van der Waals surface area contributed by atoms with Crippen LogP contribution >= 0.6 is 12.6 Å². The van der Waals surface area contributed by atoms with E-state index in [1.165, 1.54) is 56.1 Å². The predicted molar refractivity (Wildman–Crippen MR) is 180 cm³/mol. The zero-order valence-electron chi connectivity index (χ0n) is 27.5. The highest BCUT2D eigenvalue weighted by Crippen LogP contribution is 2.07. The average molecular weight is 533 g/mol. The molecule has 0 N–H and O–H groups in total. The van der Waals surface area contributed by atoms with E-state index in [0.29, 0.717) is 0 Å². The van der Waals surface area contributed by atoms with E-state index in [1.54, 1.807) is 6.26 Å². The molecule has 0 fully saturated rings. The molecule has 218 valence electrons. The van der Waals surface area contributed by atoms with E-state index in [-0.39, 0.29) is 0 Å². The Morgan fingerprint density at radius 1 is 0.432 bits per heavy atom. The van der Waals surface area contributed by atoms with Crippen molar-refractivity contribution in [2.75, 3.05) is 6.26 Å². The summed E-state index contributed by atoms with van der Waals surface area (Å²) in [5.74, 6) is 3.54. The van der Waals surface area contributed by atoms with Gasteiger partial charge in [-0.3, -0.25) is 0 Å². The van der Waals surface area contributed by atoms with Crippen LogP contribution in [0, 0.1) is 23.7 Å². The molecule has 2 rings (SSSR count). The minimum atomic E-state index is 0.884. The molecule has 0 heterocycles. The Bertz CT molecular complexity index is 528. The molecule has 0 spiro atoms. The van der Waals surface area contributed by atoms with Crippen LogP contribution in [-0.2, 0) is 12.8 Å². The fourth-order valence-electron chi connectivity index (χ4n) is 1.79. The van der Waals surface area contributed by atoms with E-state index < -0.39 is 0 Å². The third kappa shape index (κ3) is 45.1. The summed E-state index contributed by atoms with van der Waals surface area (Å²) in [4.78, 5) is 0. The van der Waals surface area contributed by atoms with Crippen LogP contribution in [0.15, 0.2) is 60.7 Å². The minimum absolute atomic E-state index is 0.884. The first-order valence-electron chi connectivity index (χ1n) is 15.1. The Morgan fingerprint density at radius 3 is 0.784 bits per heavy atom. The molecule has 0 radical (unpaired) electrons. The molecule has 0 nitrogen and oxygen atoms in total. The average Bonchev–Trinajstić information content (AvgIpc) is 2.92. The number of benzene rings is 2. The van der Waals surface area contributed by atoms with Gasteiger partial charge in [0.25, 0.3) is 0 Å². The maximum atomic E-state index is 3.53. The lowest BCUT2D eigenvalue weighted by atomic mass is 10.0. The lowest BCUT2D eigenvalue weighted by Gasteiger charge is -2.01. The molecular weight excluding hydrogens is 464 g/mol. The Hall–Kier alpha value is -1.21. The topological polar surface area (TPSA) is 0 Å². The van der Waals surface area contributed by atoms with Crippen molar-refractivity contribution < 1.29 is 0 Å². The van der Waals surface area contributed by atoms with Gasteiger partial charge >= 0.3 is 0 Å². The van der Waals surface area contributed by atoms with E-state index in [2.05, 4.69) is 156 Å². The Labute approximate surface area is 241 Å². The van der Waals surface area contributed by atoms with Crippen LogP contribution in [-0.4, -0.2) is 6.26 Å². The van der Waals surface area contributed by atoms with Crippen LogP contribution in [0.4, 0.5) is 0 Å². The smallest absolute Gasteiger partial charge is 0.0215 e. The van der Waals surface area contributed by atoms with E-state index >= 15 is 0 Å².